The number of benzene rings is 1. The molecule has 0 aliphatic carbocycles. The number of hydrogen-bond donors (Lipinski definition) is 1. The van der Waals surface area contributed by atoms with Crippen molar-refractivity contribution in [2.24, 2.45) is 5.92 Å². The van der Waals surface area contributed by atoms with E-state index in [4.69, 9.17) is 0 Å². The lowest BCUT2D eigenvalue weighted by Crippen LogP contribution is -2.50. The molecule has 1 aromatic carbocycles. The number of methoxy groups -OCH3 is 1. The minimum atomic E-state index is -3.86. The summed E-state index contributed by atoms with van der Waals surface area (Å²) in [6.45, 7) is 4.17. The summed E-state index contributed by atoms with van der Waals surface area (Å²) in [4.78, 5) is 25.3. The van der Waals surface area contributed by atoms with Crippen molar-refractivity contribution in [3.8, 4) is 0 Å². The first-order valence-electron chi connectivity index (χ1n) is 8.97. The summed E-state index contributed by atoms with van der Waals surface area (Å²) in [6, 6.07) is 4.50. The molecule has 1 amide bonds. The van der Waals surface area contributed by atoms with Crippen LogP contribution in [0.3, 0.4) is 0 Å². The fourth-order valence-corrected chi connectivity index (χ4v) is 3.27. The van der Waals surface area contributed by atoms with E-state index in [0.717, 1.165) is 12.1 Å². The van der Waals surface area contributed by atoms with Crippen molar-refractivity contribution in [2.45, 2.75) is 38.2 Å². The van der Waals surface area contributed by atoms with E-state index in [1.165, 1.54) is 19.2 Å². The van der Waals surface area contributed by atoms with Crippen LogP contribution in [0.1, 0.15) is 37.0 Å². The van der Waals surface area contributed by atoms with Crippen LogP contribution in [0.15, 0.2) is 24.3 Å². The number of piperidine rings is 1. The van der Waals surface area contributed by atoms with Crippen LogP contribution >= 0.6 is 0 Å². The van der Waals surface area contributed by atoms with Crippen LogP contribution in [-0.2, 0) is 9.53 Å². The summed E-state index contributed by atoms with van der Waals surface area (Å²) in [5.74, 6) is -7.74. The largest absolute Gasteiger partial charge is 0.465 e. The summed E-state index contributed by atoms with van der Waals surface area (Å²) in [5.41, 5.74) is -1.23. The average molecular weight is 402 g/mol. The highest BCUT2D eigenvalue weighted by atomic mass is 19.3. The van der Waals surface area contributed by atoms with Gasteiger partial charge in [-0.15, -0.1) is 5.12 Å². The Bertz CT molecular complexity index is 696. The number of nitrogens with zero attached hydrogens (tertiary/aromatic N) is 2. The second kappa shape index (κ2) is 8.48. The Morgan fingerprint density at radius 2 is 1.75 bits per heavy atom. The normalized spacial score (nSPS) is 16.7. The number of hydrogen-bond acceptors (Lipinski definition) is 5. The second-order valence-corrected chi connectivity index (χ2v) is 7.61. The molecule has 28 heavy (non-hydrogen) atoms. The van der Waals surface area contributed by atoms with Gasteiger partial charge in [-0.1, -0.05) is 4.48 Å². The quantitative estimate of drug-likeness (QED) is 0.585. The highest BCUT2D eigenvalue weighted by Gasteiger charge is 2.51. The molecular formula is C19H25F3N2O4. The summed E-state index contributed by atoms with van der Waals surface area (Å²) in [7, 11) is 1.18. The van der Waals surface area contributed by atoms with Crippen molar-refractivity contribution in [1.82, 2.24) is 4.90 Å². The number of esters is 1. The molecule has 9 heteroatoms. The number of anilines is 1. The third-order valence-corrected chi connectivity index (χ3v) is 4.69. The summed E-state index contributed by atoms with van der Waals surface area (Å²) in [6.07, 6.45) is 0.0356. The van der Waals surface area contributed by atoms with Crippen molar-refractivity contribution in [3.05, 3.63) is 29.8 Å². The molecule has 0 radical (unpaired) electrons. The van der Waals surface area contributed by atoms with Gasteiger partial charge in [-0.2, -0.15) is 8.78 Å². The molecule has 1 fully saturated rings. The smallest absolute Gasteiger partial charge is 0.337 e. The zero-order chi connectivity index (χ0) is 21.1. The molecule has 2 rings (SSSR count). The first-order valence-corrected chi connectivity index (χ1v) is 8.97. The third kappa shape index (κ3) is 5.23. The van der Waals surface area contributed by atoms with E-state index in [9.17, 15) is 28.0 Å². The number of carbonyl (C=O) groups is 2. The number of ether oxygens (including phenoxy) is 1. The lowest BCUT2D eigenvalue weighted by atomic mass is 9.89. The summed E-state index contributed by atoms with van der Waals surface area (Å²) >= 11 is 0. The number of rotatable bonds is 6. The van der Waals surface area contributed by atoms with E-state index >= 15 is 0 Å². The Labute approximate surface area is 161 Å². The molecule has 1 N–H and O–H groups in total. The van der Waals surface area contributed by atoms with E-state index in [1.807, 2.05) is 4.90 Å². The van der Waals surface area contributed by atoms with Crippen molar-refractivity contribution in [1.29, 1.82) is 0 Å². The average Bonchev–Trinajstić information content (AvgIpc) is 2.65. The third-order valence-electron chi connectivity index (χ3n) is 4.69. The van der Waals surface area contributed by atoms with Crippen LogP contribution in [0.4, 0.5) is 18.9 Å². The number of amides is 1. The van der Waals surface area contributed by atoms with Crippen LogP contribution < -0.4 is 5.12 Å². The molecule has 1 heterocycles. The highest BCUT2D eigenvalue weighted by Crippen LogP contribution is 2.36. The van der Waals surface area contributed by atoms with E-state index in [0.29, 0.717) is 6.54 Å². The van der Waals surface area contributed by atoms with Gasteiger partial charge in [0.25, 0.3) is 0 Å². The molecule has 1 aliphatic rings. The number of β-amino-alcohol motifs (C(OH)–C–C–N with tert-alkyl or cyclic N) is 1. The van der Waals surface area contributed by atoms with Crippen LogP contribution in [-0.4, -0.2) is 60.2 Å². The first-order chi connectivity index (χ1) is 13.0. The molecule has 6 nitrogen and oxygen atoms in total. The molecule has 0 aromatic heterocycles. The molecule has 0 unspecified atom stereocenters. The molecule has 0 saturated carbocycles. The lowest BCUT2D eigenvalue weighted by Gasteiger charge is -2.37. The lowest BCUT2D eigenvalue weighted by molar-refractivity contribution is -0.157. The van der Waals surface area contributed by atoms with Crippen LogP contribution in [0.5, 0.6) is 0 Å². The highest BCUT2D eigenvalue weighted by molar-refractivity contribution is 5.97. The summed E-state index contributed by atoms with van der Waals surface area (Å²) < 4.78 is 48.0. The maximum Gasteiger partial charge on any atom is 0.337 e. The number of alkyl halides is 2. The van der Waals surface area contributed by atoms with Gasteiger partial charge in [-0.05, 0) is 64.0 Å². The molecule has 1 aromatic rings. The number of likely N-dealkylation sites (tertiary alicyclic amines) is 1. The Kier molecular flexibility index (Phi) is 6.71. The molecule has 0 bridgehead atoms. The fraction of sp³-hybridized carbons (Fsp3) is 0.579. The van der Waals surface area contributed by atoms with Gasteiger partial charge >= 0.3 is 17.8 Å². The Hall–Kier alpha value is -2.13. The maximum absolute atomic E-state index is 14.6. The van der Waals surface area contributed by atoms with Gasteiger partial charge in [0.05, 0.1) is 24.0 Å². The molecule has 156 valence electrons. The number of carbonyl (C=O) groups excluding carboxylic acids is 2. The predicted octanol–water partition coefficient (Wildman–Crippen LogP) is 2.81. The Morgan fingerprint density at radius 1 is 1.21 bits per heavy atom. The number of aliphatic hydroxyl groups is 1. The topological polar surface area (TPSA) is 70.1 Å². The van der Waals surface area contributed by atoms with Crippen molar-refractivity contribution in [3.63, 3.8) is 0 Å². The van der Waals surface area contributed by atoms with Gasteiger partial charge in [-0.3, -0.25) is 4.79 Å². The van der Waals surface area contributed by atoms with Crippen molar-refractivity contribution in [2.75, 3.05) is 31.9 Å². The maximum atomic E-state index is 14.6. The SMILES string of the molecule is COC(=O)c1ccc(N(F)C(=O)C(F)(F)C2CCN(CC(C)(C)O)CC2)cc1. The van der Waals surface area contributed by atoms with Gasteiger partial charge in [0, 0.05) is 12.5 Å². The standard InChI is InChI=1S/C19H25F3N2O4/c1-18(2,27)12-23-10-8-14(9-11-23)19(20,21)17(26)24(22)15-6-4-13(5-7-15)16(25)28-3/h4-7,14,27H,8-12H2,1-3H3. The second-order valence-electron chi connectivity index (χ2n) is 7.61. The predicted molar refractivity (Wildman–Crippen MR) is 96.8 cm³/mol. The zero-order valence-electron chi connectivity index (χ0n) is 16.1. The van der Waals surface area contributed by atoms with Crippen LogP contribution in [0, 0.1) is 5.92 Å². The Balaban J connectivity index is 2.03. The monoisotopic (exact) mass is 402 g/mol. The molecular weight excluding hydrogens is 377 g/mol. The zero-order valence-corrected chi connectivity index (χ0v) is 16.1. The Morgan fingerprint density at radius 3 is 2.21 bits per heavy atom. The van der Waals surface area contributed by atoms with Gasteiger partial charge in [0.2, 0.25) is 0 Å². The fourth-order valence-electron chi connectivity index (χ4n) is 3.27. The van der Waals surface area contributed by atoms with E-state index < -0.39 is 40.1 Å². The number of halogens is 3. The summed E-state index contributed by atoms with van der Waals surface area (Å²) in [5, 5.41) is 9.24. The van der Waals surface area contributed by atoms with Gasteiger partial charge in [0.1, 0.15) is 0 Å². The van der Waals surface area contributed by atoms with Gasteiger partial charge < -0.3 is 14.7 Å². The molecule has 1 saturated heterocycles. The molecule has 0 atom stereocenters. The van der Waals surface area contributed by atoms with Gasteiger partial charge in [0.15, 0.2) is 0 Å². The van der Waals surface area contributed by atoms with E-state index in [-0.39, 0.29) is 31.5 Å². The van der Waals surface area contributed by atoms with Crippen molar-refractivity contribution < 1.29 is 32.7 Å². The van der Waals surface area contributed by atoms with Crippen LogP contribution in [0.2, 0.25) is 0 Å². The van der Waals surface area contributed by atoms with Crippen molar-refractivity contribution >= 4 is 17.6 Å². The molecule has 0 spiro atoms. The van der Waals surface area contributed by atoms with E-state index in [1.54, 1.807) is 13.8 Å². The van der Waals surface area contributed by atoms with E-state index in [2.05, 4.69) is 4.74 Å². The molecule has 1 aliphatic heterocycles. The minimum Gasteiger partial charge on any atom is -0.465 e. The van der Waals surface area contributed by atoms with Crippen LogP contribution in [0.25, 0.3) is 0 Å². The minimum absolute atomic E-state index is 0.0178. The first kappa shape index (κ1) is 22.2. The van der Waals surface area contributed by atoms with Gasteiger partial charge in [-0.25, -0.2) is 4.79 Å².